The Balaban J connectivity index is 1.22. The van der Waals surface area contributed by atoms with Gasteiger partial charge in [-0.15, -0.1) is 0 Å². The number of ether oxygens (including phenoxy) is 1. The van der Waals surface area contributed by atoms with E-state index in [2.05, 4.69) is 95.4 Å². The van der Waals surface area contributed by atoms with Crippen molar-refractivity contribution in [1.82, 2.24) is 9.80 Å². The summed E-state index contributed by atoms with van der Waals surface area (Å²) in [6.07, 6.45) is 0. The number of hydrogen-bond acceptors (Lipinski definition) is 4. The van der Waals surface area contributed by atoms with Crippen molar-refractivity contribution in [3.05, 3.63) is 130 Å². The predicted molar refractivity (Wildman–Crippen MR) is 176 cm³/mol. The van der Waals surface area contributed by atoms with Crippen molar-refractivity contribution in [2.24, 2.45) is 0 Å². The third-order valence-electron chi connectivity index (χ3n) is 7.79. The topological polar surface area (TPSA) is 61.9 Å². The molecule has 2 amide bonds. The van der Waals surface area contributed by atoms with E-state index in [-0.39, 0.29) is 29.9 Å². The molecule has 6 nitrogen and oxygen atoms in total. The maximum atomic E-state index is 13.7. The molecule has 0 aromatic heterocycles. The molecule has 1 N–H and O–H groups in total. The van der Waals surface area contributed by atoms with Crippen LogP contribution in [0.15, 0.2) is 108 Å². The zero-order chi connectivity index (χ0) is 30.4. The number of anilines is 1. The van der Waals surface area contributed by atoms with Gasteiger partial charge in [0.15, 0.2) is 6.61 Å². The van der Waals surface area contributed by atoms with Crippen molar-refractivity contribution in [2.75, 3.05) is 38.1 Å². The molecule has 1 heterocycles. The van der Waals surface area contributed by atoms with Crippen LogP contribution in [0.2, 0.25) is 0 Å². The SMILES string of the molecule is CC(C)(C)c1ccc(OCC(=O)Nc2ccccc2C(=O)N2CCN(C(c3ccccc3)c3ccccc3)CC2)c(Br)c1. The van der Waals surface area contributed by atoms with E-state index in [1.54, 1.807) is 12.1 Å². The first-order chi connectivity index (χ1) is 20.7. The Morgan fingerprint density at radius 1 is 0.814 bits per heavy atom. The molecule has 0 aliphatic carbocycles. The second-order valence-corrected chi connectivity index (χ2v) is 12.7. The fourth-order valence-electron chi connectivity index (χ4n) is 5.43. The smallest absolute Gasteiger partial charge is 0.262 e. The highest BCUT2D eigenvalue weighted by Crippen LogP contribution is 2.32. The number of hydrogen-bond donors (Lipinski definition) is 1. The highest BCUT2D eigenvalue weighted by atomic mass is 79.9. The van der Waals surface area contributed by atoms with Gasteiger partial charge in [-0.1, -0.05) is 99.6 Å². The van der Waals surface area contributed by atoms with Crippen LogP contribution in [0.25, 0.3) is 0 Å². The maximum absolute atomic E-state index is 13.7. The number of benzene rings is 4. The summed E-state index contributed by atoms with van der Waals surface area (Å²) < 4.78 is 6.60. The molecule has 43 heavy (non-hydrogen) atoms. The molecule has 4 aromatic carbocycles. The van der Waals surface area contributed by atoms with Crippen molar-refractivity contribution >= 4 is 33.4 Å². The van der Waals surface area contributed by atoms with Gasteiger partial charge in [-0.25, -0.2) is 0 Å². The number of nitrogens with one attached hydrogen (secondary N) is 1. The molecular weight excluding hydrogens is 602 g/mol. The van der Waals surface area contributed by atoms with Crippen LogP contribution < -0.4 is 10.1 Å². The van der Waals surface area contributed by atoms with Crippen LogP contribution in [-0.4, -0.2) is 54.4 Å². The number of carbonyl (C=O) groups is 2. The third-order valence-corrected chi connectivity index (χ3v) is 8.41. The minimum atomic E-state index is -0.328. The monoisotopic (exact) mass is 639 g/mol. The molecule has 1 aliphatic rings. The Morgan fingerprint density at radius 2 is 1.40 bits per heavy atom. The zero-order valence-corrected chi connectivity index (χ0v) is 26.5. The van der Waals surface area contributed by atoms with Crippen molar-refractivity contribution < 1.29 is 14.3 Å². The molecule has 0 spiro atoms. The van der Waals surface area contributed by atoms with Crippen LogP contribution in [0, 0.1) is 0 Å². The molecule has 0 saturated carbocycles. The fourth-order valence-corrected chi connectivity index (χ4v) is 5.92. The Morgan fingerprint density at radius 3 is 1.98 bits per heavy atom. The molecule has 0 atom stereocenters. The molecular formula is C36H38BrN3O3. The van der Waals surface area contributed by atoms with Gasteiger partial charge in [0, 0.05) is 26.2 Å². The Hall–Kier alpha value is -3.94. The standard InChI is InChI=1S/C36H38BrN3O3/c1-36(2,3)28-18-19-32(30(37)24-28)43-25-33(41)38-31-17-11-10-16-29(31)35(42)40-22-20-39(21-23-40)34(26-12-6-4-7-13-26)27-14-8-5-9-15-27/h4-19,24,34H,20-23,25H2,1-3H3,(H,38,41). The number of carbonyl (C=O) groups excluding carboxylic acids is 2. The van der Waals surface area contributed by atoms with Gasteiger partial charge in [-0.2, -0.15) is 0 Å². The first-order valence-corrected chi connectivity index (χ1v) is 15.4. The minimum absolute atomic E-state index is 0.00676. The Labute approximate surface area is 262 Å². The summed E-state index contributed by atoms with van der Waals surface area (Å²) in [6.45, 7) is 8.94. The largest absolute Gasteiger partial charge is 0.483 e. The fraction of sp³-hybridized carbons (Fsp3) is 0.278. The number of amides is 2. The first kappa shape index (κ1) is 30.5. The molecule has 0 radical (unpaired) electrons. The van der Waals surface area contributed by atoms with Crippen molar-refractivity contribution in [2.45, 2.75) is 32.2 Å². The van der Waals surface area contributed by atoms with E-state index >= 15 is 0 Å². The summed E-state index contributed by atoms with van der Waals surface area (Å²) in [5.74, 6) is 0.174. The van der Waals surface area contributed by atoms with E-state index in [4.69, 9.17) is 4.74 Å². The van der Waals surface area contributed by atoms with E-state index in [9.17, 15) is 9.59 Å². The molecule has 4 aromatic rings. The van der Waals surface area contributed by atoms with Gasteiger partial charge >= 0.3 is 0 Å². The summed E-state index contributed by atoms with van der Waals surface area (Å²) in [6, 6.07) is 34.2. The molecule has 5 rings (SSSR count). The van der Waals surface area contributed by atoms with Gasteiger partial charge in [0.2, 0.25) is 0 Å². The second kappa shape index (κ2) is 13.6. The lowest BCUT2D eigenvalue weighted by atomic mass is 9.87. The molecule has 222 valence electrons. The maximum Gasteiger partial charge on any atom is 0.262 e. The summed E-state index contributed by atoms with van der Waals surface area (Å²) in [7, 11) is 0. The van der Waals surface area contributed by atoms with Gasteiger partial charge in [0.25, 0.3) is 11.8 Å². The Kier molecular flexibility index (Phi) is 9.63. The lowest BCUT2D eigenvalue weighted by Gasteiger charge is -2.40. The molecule has 1 saturated heterocycles. The number of rotatable bonds is 8. The number of piperazine rings is 1. The minimum Gasteiger partial charge on any atom is -0.483 e. The quantitative estimate of drug-likeness (QED) is 0.220. The van der Waals surface area contributed by atoms with Crippen molar-refractivity contribution in [3.8, 4) is 5.75 Å². The van der Waals surface area contributed by atoms with Crippen LogP contribution in [-0.2, 0) is 10.2 Å². The van der Waals surface area contributed by atoms with Crippen molar-refractivity contribution in [3.63, 3.8) is 0 Å². The van der Waals surface area contributed by atoms with E-state index in [1.165, 1.54) is 16.7 Å². The predicted octanol–water partition coefficient (Wildman–Crippen LogP) is 7.31. The van der Waals surface area contributed by atoms with Gasteiger partial charge < -0.3 is 15.0 Å². The second-order valence-electron chi connectivity index (χ2n) is 11.8. The Bertz CT molecular complexity index is 1510. The third kappa shape index (κ3) is 7.53. The van der Waals surface area contributed by atoms with E-state index < -0.39 is 0 Å². The van der Waals surface area contributed by atoms with Crippen LogP contribution >= 0.6 is 15.9 Å². The number of para-hydroxylation sites is 1. The van der Waals surface area contributed by atoms with Gasteiger partial charge in [0.1, 0.15) is 5.75 Å². The summed E-state index contributed by atoms with van der Waals surface area (Å²) in [5.41, 5.74) is 4.61. The lowest BCUT2D eigenvalue weighted by Crippen LogP contribution is -2.50. The first-order valence-electron chi connectivity index (χ1n) is 14.7. The van der Waals surface area contributed by atoms with Gasteiger partial charge in [-0.3, -0.25) is 14.5 Å². The average Bonchev–Trinajstić information content (AvgIpc) is 3.01. The van der Waals surface area contributed by atoms with Crippen molar-refractivity contribution in [1.29, 1.82) is 0 Å². The van der Waals surface area contributed by atoms with E-state index in [1.807, 2.05) is 47.4 Å². The van der Waals surface area contributed by atoms with Crippen LogP contribution in [0.5, 0.6) is 5.75 Å². The summed E-state index contributed by atoms with van der Waals surface area (Å²) in [4.78, 5) is 30.9. The van der Waals surface area contributed by atoms with Gasteiger partial charge in [-0.05, 0) is 62.3 Å². The summed E-state index contributed by atoms with van der Waals surface area (Å²) in [5, 5.41) is 2.89. The van der Waals surface area contributed by atoms with E-state index in [0.29, 0.717) is 30.1 Å². The highest BCUT2D eigenvalue weighted by molar-refractivity contribution is 9.10. The zero-order valence-electron chi connectivity index (χ0n) is 24.9. The lowest BCUT2D eigenvalue weighted by molar-refractivity contribution is -0.118. The van der Waals surface area contributed by atoms with Crippen LogP contribution in [0.4, 0.5) is 5.69 Å². The molecule has 0 bridgehead atoms. The average molecular weight is 641 g/mol. The van der Waals surface area contributed by atoms with E-state index in [0.717, 1.165) is 17.6 Å². The van der Waals surface area contributed by atoms with Crippen LogP contribution in [0.1, 0.15) is 53.9 Å². The van der Waals surface area contributed by atoms with Crippen LogP contribution in [0.3, 0.4) is 0 Å². The molecule has 1 fully saturated rings. The normalized spacial score (nSPS) is 14.0. The summed E-state index contributed by atoms with van der Waals surface area (Å²) >= 11 is 3.56. The molecule has 1 aliphatic heterocycles. The molecule has 0 unspecified atom stereocenters. The number of halogens is 1. The molecule has 7 heteroatoms. The van der Waals surface area contributed by atoms with Gasteiger partial charge in [0.05, 0.1) is 21.8 Å². The highest BCUT2D eigenvalue weighted by Gasteiger charge is 2.29. The number of nitrogens with zero attached hydrogens (tertiary/aromatic N) is 2.